The minimum Gasteiger partial charge on any atom is -0.493 e. The van der Waals surface area contributed by atoms with Crippen LogP contribution in [-0.4, -0.2) is 54.8 Å². The van der Waals surface area contributed by atoms with E-state index in [9.17, 15) is 14.9 Å². The molecule has 1 aliphatic heterocycles. The Kier molecular flexibility index (Phi) is 8.06. The summed E-state index contributed by atoms with van der Waals surface area (Å²) >= 11 is 0. The Hall–Kier alpha value is -4.35. The van der Waals surface area contributed by atoms with Crippen LogP contribution in [0.1, 0.15) is 30.2 Å². The van der Waals surface area contributed by atoms with E-state index in [4.69, 9.17) is 18.6 Å². The summed E-state index contributed by atoms with van der Waals surface area (Å²) in [6.45, 7) is 3.22. The molecule has 12 nitrogen and oxygen atoms in total. The normalized spacial score (nSPS) is 12.6. The Morgan fingerprint density at radius 2 is 1.97 bits per heavy atom. The van der Waals surface area contributed by atoms with Gasteiger partial charge in [-0.05, 0) is 48.7 Å². The first-order valence-corrected chi connectivity index (χ1v) is 11.9. The Balaban J connectivity index is 1.69. The number of hydrogen-bond acceptors (Lipinski definition) is 11. The predicted molar refractivity (Wildman–Crippen MR) is 134 cm³/mol. The number of aromatic nitrogens is 2. The molecule has 0 spiro atoms. The van der Waals surface area contributed by atoms with Crippen molar-refractivity contribution in [2.24, 2.45) is 0 Å². The van der Waals surface area contributed by atoms with Crippen LogP contribution < -0.4 is 19.3 Å². The number of nitrogens with zero attached hydrogens (tertiary/aromatic N) is 5. The zero-order valence-electron chi connectivity index (χ0n) is 21.0. The fourth-order valence-electron chi connectivity index (χ4n) is 4.36. The minimum absolute atomic E-state index is 0.0315. The second kappa shape index (κ2) is 11.6. The van der Waals surface area contributed by atoms with Crippen LogP contribution in [0, 0.1) is 10.1 Å². The second-order valence-electron chi connectivity index (χ2n) is 8.33. The van der Waals surface area contributed by atoms with Gasteiger partial charge in [0.1, 0.15) is 12.1 Å². The topological polar surface area (TPSA) is 133 Å². The SMILES string of the molecule is CCOC(=O)CCN(Cc1ccco1)c1ncnc(N2CCc3cc(OC)c(OC)cc3C2)c1[N+](=O)[O-]. The lowest BCUT2D eigenvalue weighted by Crippen LogP contribution is -2.33. The van der Waals surface area contributed by atoms with Crippen LogP contribution in [0.3, 0.4) is 0 Å². The molecule has 0 radical (unpaired) electrons. The molecule has 3 aromatic rings. The van der Waals surface area contributed by atoms with Crippen molar-refractivity contribution in [3.8, 4) is 11.5 Å². The van der Waals surface area contributed by atoms with Gasteiger partial charge < -0.3 is 28.4 Å². The first-order chi connectivity index (χ1) is 17.9. The third kappa shape index (κ3) is 5.74. The molecule has 37 heavy (non-hydrogen) atoms. The highest BCUT2D eigenvalue weighted by Crippen LogP contribution is 2.39. The number of ether oxygens (including phenoxy) is 3. The van der Waals surface area contributed by atoms with Crippen LogP contribution in [0.2, 0.25) is 0 Å². The highest BCUT2D eigenvalue weighted by Gasteiger charge is 2.32. The molecule has 0 fully saturated rings. The third-order valence-corrected chi connectivity index (χ3v) is 6.10. The van der Waals surface area contributed by atoms with Crippen LogP contribution in [0.5, 0.6) is 11.5 Å². The third-order valence-electron chi connectivity index (χ3n) is 6.10. The van der Waals surface area contributed by atoms with E-state index in [0.717, 1.165) is 11.1 Å². The van der Waals surface area contributed by atoms with Crippen molar-refractivity contribution < 1.29 is 28.3 Å². The van der Waals surface area contributed by atoms with Gasteiger partial charge in [0.25, 0.3) is 0 Å². The van der Waals surface area contributed by atoms with Crippen LogP contribution in [0.25, 0.3) is 0 Å². The number of methoxy groups -OCH3 is 2. The number of carbonyl (C=O) groups excluding carboxylic acids is 1. The van der Waals surface area contributed by atoms with E-state index in [0.29, 0.717) is 36.8 Å². The summed E-state index contributed by atoms with van der Waals surface area (Å²) in [5.74, 6) is 1.71. The first kappa shape index (κ1) is 25.7. The second-order valence-corrected chi connectivity index (χ2v) is 8.33. The highest BCUT2D eigenvalue weighted by atomic mass is 16.6. The largest absolute Gasteiger partial charge is 0.493 e. The van der Waals surface area contributed by atoms with Gasteiger partial charge in [-0.3, -0.25) is 14.9 Å². The van der Waals surface area contributed by atoms with E-state index in [-0.39, 0.29) is 43.4 Å². The molecule has 0 saturated heterocycles. The Morgan fingerprint density at radius 3 is 2.62 bits per heavy atom. The van der Waals surface area contributed by atoms with Gasteiger partial charge in [-0.2, -0.15) is 0 Å². The van der Waals surface area contributed by atoms with E-state index in [1.165, 1.54) is 12.6 Å². The van der Waals surface area contributed by atoms with E-state index >= 15 is 0 Å². The van der Waals surface area contributed by atoms with Gasteiger partial charge in [0, 0.05) is 19.6 Å². The van der Waals surface area contributed by atoms with Crippen molar-refractivity contribution in [2.75, 3.05) is 43.7 Å². The van der Waals surface area contributed by atoms with Crippen LogP contribution in [0.4, 0.5) is 17.3 Å². The molecule has 0 aliphatic carbocycles. The standard InChI is InChI=1S/C25H29N5O7/c1-4-36-22(31)8-10-29(15-19-6-5-11-37-19)25-23(30(32)33)24(26-16-27-25)28-9-7-17-12-20(34-2)21(35-3)13-18(17)14-28/h5-6,11-13,16H,4,7-10,14-15H2,1-3H3. The smallest absolute Gasteiger partial charge is 0.353 e. The summed E-state index contributed by atoms with van der Waals surface area (Å²) in [4.78, 5) is 36.1. The number of furan rings is 1. The minimum atomic E-state index is -0.478. The molecule has 2 aromatic heterocycles. The molecular formula is C25H29N5O7. The van der Waals surface area contributed by atoms with E-state index in [1.807, 2.05) is 17.0 Å². The summed E-state index contributed by atoms with van der Waals surface area (Å²) in [6.07, 6.45) is 3.50. The zero-order chi connectivity index (χ0) is 26.4. The molecule has 0 amide bonds. The summed E-state index contributed by atoms with van der Waals surface area (Å²) in [6, 6.07) is 7.31. The number of hydrogen-bond donors (Lipinski definition) is 0. The number of esters is 1. The Morgan fingerprint density at radius 1 is 1.22 bits per heavy atom. The molecule has 3 heterocycles. The fourth-order valence-corrected chi connectivity index (χ4v) is 4.36. The highest BCUT2D eigenvalue weighted by molar-refractivity contribution is 5.74. The monoisotopic (exact) mass is 511 g/mol. The molecule has 12 heteroatoms. The fraction of sp³-hybridized carbons (Fsp3) is 0.400. The summed E-state index contributed by atoms with van der Waals surface area (Å²) in [7, 11) is 3.15. The van der Waals surface area contributed by atoms with Crippen molar-refractivity contribution in [1.82, 2.24) is 9.97 Å². The lowest BCUT2D eigenvalue weighted by Gasteiger charge is -2.31. The average molecular weight is 512 g/mol. The van der Waals surface area contributed by atoms with Crippen molar-refractivity contribution in [2.45, 2.75) is 32.9 Å². The lowest BCUT2D eigenvalue weighted by molar-refractivity contribution is -0.383. The van der Waals surface area contributed by atoms with Gasteiger partial charge in [-0.25, -0.2) is 9.97 Å². The van der Waals surface area contributed by atoms with Crippen molar-refractivity contribution >= 4 is 23.3 Å². The average Bonchev–Trinajstić information content (AvgIpc) is 3.42. The van der Waals surface area contributed by atoms with Gasteiger partial charge in [0.2, 0.25) is 11.6 Å². The molecule has 4 rings (SSSR count). The maximum atomic E-state index is 12.4. The van der Waals surface area contributed by atoms with Crippen LogP contribution in [-0.2, 0) is 29.0 Å². The maximum Gasteiger partial charge on any atom is 0.353 e. The maximum absolute atomic E-state index is 12.4. The van der Waals surface area contributed by atoms with E-state index in [2.05, 4.69) is 9.97 Å². The van der Waals surface area contributed by atoms with Gasteiger partial charge in [-0.15, -0.1) is 0 Å². The first-order valence-electron chi connectivity index (χ1n) is 11.9. The number of carbonyl (C=O) groups is 1. The number of fused-ring (bicyclic) bond motifs is 1. The Labute approximate surface area is 213 Å². The van der Waals surface area contributed by atoms with Crippen LogP contribution >= 0.6 is 0 Å². The van der Waals surface area contributed by atoms with Gasteiger partial charge in [0.15, 0.2) is 11.5 Å². The Bertz CT molecular complexity index is 1250. The molecule has 0 unspecified atom stereocenters. The van der Waals surface area contributed by atoms with Crippen molar-refractivity contribution in [1.29, 1.82) is 0 Å². The number of rotatable bonds is 11. The number of anilines is 2. The molecule has 0 bridgehead atoms. The quantitative estimate of drug-likeness (QED) is 0.213. The summed E-state index contributed by atoms with van der Waals surface area (Å²) < 4.78 is 21.4. The molecule has 0 saturated carbocycles. The molecular weight excluding hydrogens is 482 g/mol. The van der Waals surface area contributed by atoms with Gasteiger partial charge in [0.05, 0.1) is 45.0 Å². The summed E-state index contributed by atoms with van der Waals surface area (Å²) in [5, 5.41) is 12.4. The van der Waals surface area contributed by atoms with Crippen molar-refractivity contribution in [3.63, 3.8) is 0 Å². The molecule has 1 aliphatic rings. The number of benzene rings is 1. The van der Waals surface area contributed by atoms with Gasteiger partial charge >= 0.3 is 11.7 Å². The number of nitro groups is 1. The molecule has 0 atom stereocenters. The van der Waals surface area contributed by atoms with Gasteiger partial charge in [-0.1, -0.05) is 0 Å². The molecule has 1 aromatic carbocycles. The lowest BCUT2D eigenvalue weighted by atomic mass is 9.98. The molecule has 196 valence electrons. The zero-order valence-corrected chi connectivity index (χ0v) is 21.0. The predicted octanol–water partition coefficient (Wildman–Crippen LogP) is 3.52. The summed E-state index contributed by atoms with van der Waals surface area (Å²) in [5.41, 5.74) is 1.81. The van der Waals surface area contributed by atoms with E-state index in [1.54, 1.807) is 38.2 Å². The van der Waals surface area contributed by atoms with E-state index < -0.39 is 10.9 Å². The van der Waals surface area contributed by atoms with Crippen LogP contribution in [0.15, 0.2) is 41.3 Å². The molecule has 0 N–H and O–H groups in total. The van der Waals surface area contributed by atoms with Crippen molar-refractivity contribution in [3.05, 3.63) is 63.9 Å².